The van der Waals surface area contributed by atoms with Crippen molar-refractivity contribution in [3.8, 4) is 0 Å². The summed E-state index contributed by atoms with van der Waals surface area (Å²) in [6, 6.07) is 0.226. The number of hydrogen-bond acceptors (Lipinski definition) is 5. The molecular weight excluding hydrogens is 268 g/mol. The van der Waals surface area contributed by atoms with Gasteiger partial charge in [-0.1, -0.05) is 18.7 Å². The van der Waals surface area contributed by atoms with Crippen LogP contribution < -0.4 is 11.0 Å². The maximum atomic E-state index is 11.6. The highest BCUT2D eigenvalue weighted by molar-refractivity contribution is 7.99. The molecule has 3 N–H and O–H groups in total. The number of nitrogens with one attached hydrogen (secondary N) is 2. The van der Waals surface area contributed by atoms with Crippen molar-refractivity contribution in [2.24, 2.45) is 0 Å². The number of aromatic amines is 1. The van der Waals surface area contributed by atoms with E-state index < -0.39 is 11.5 Å². The van der Waals surface area contributed by atoms with Crippen LogP contribution in [-0.2, 0) is 4.79 Å². The molecule has 1 atom stereocenters. The van der Waals surface area contributed by atoms with E-state index in [2.05, 4.69) is 15.5 Å². The summed E-state index contributed by atoms with van der Waals surface area (Å²) in [7, 11) is 0. The molecule has 7 nitrogen and oxygen atoms in total. The third-order valence-electron chi connectivity index (χ3n) is 3.11. The van der Waals surface area contributed by atoms with Gasteiger partial charge >= 0.3 is 11.7 Å². The molecule has 1 aromatic rings. The fraction of sp³-hybridized carbons (Fsp3) is 0.727. The van der Waals surface area contributed by atoms with Gasteiger partial charge in [0.1, 0.15) is 5.54 Å². The molecule has 8 heteroatoms. The van der Waals surface area contributed by atoms with Crippen LogP contribution in [0, 0.1) is 0 Å². The van der Waals surface area contributed by atoms with E-state index in [0.29, 0.717) is 17.5 Å². The van der Waals surface area contributed by atoms with Crippen LogP contribution in [0.15, 0.2) is 9.95 Å². The van der Waals surface area contributed by atoms with Crippen LogP contribution in [0.25, 0.3) is 0 Å². The molecule has 0 aliphatic heterocycles. The Labute approximate surface area is 114 Å². The van der Waals surface area contributed by atoms with Gasteiger partial charge in [-0.05, 0) is 26.3 Å². The van der Waals surface area contributed by atoms with Crippen LogP contribution in [0.3, 0.4) is 0 Å². The van der Waals surface area contributed by atoms with Crippen molar-refractivity contribution in [3.05, 3.63) is 10.5 Å². The molecule has 2 rings (SSSR count). The Kier molecular flexibility index (Phi) is 4.00. The molecule has 0 saturated heterocycles. The minimum Gasteiger partial charge on any atom is -0.480 e. The third kappa shape index (κ3) is 3.01. The van der Waals surface area contributed by atoms with Gasteiger partial charge in [-0.2, -0.15) is 0 Å². The van der Waals surface area contributed by atoms with Crippen LogP contribution >= 0.6 is 11.8 Å². The Morgan fingerprint density at radius 3 is 2.89 bits per heavy atom. The van der Waals surface area contributed by atoms with E-state index in [1.54, 1.807) is 11.5 Å². The van der Waals surface area contributed by atoms with Crippen LogP contribution in [0.4, 0.5) is 0 Å². The van der Waals surface area contributed by atoms with Crippen molar-refractivity contribution in [1.29, 1.82) is 0 Å². The lowest BCUT2D eigenvalue weighted by atomic mass is 10.1. The van der Waals surface area contributed by atoms with Crippen molar-refractivity contribution in [1.82, 2.24) is 20.1 Å². The number of carboxylic acids is 1. The average Bonchev–Trinajstić information content (AvgIpc) is 3.11. The largest absolute Gasteiger partial charge is 0.480 e. The topological polar surface area (TPSA) is 100 Å². The maximum absolute atomic E-state index is 11.6. The molecule has 1 aliphatic rings. The number of H-pyrrole nitrogens is 1. The molecule has 0 amide bonds. The zero-order chi connectivity index (χ0) is 14.0. The first-order chi connectivity index (χ1) is 8.98. The third-order valence-corrected chi connectivity index (χ3v) is 4.38. The summed E-state index contributed by atoms with van der Waals surface area (Å²) in [4.78, 5) is 22.9. The van der Waals surface area contributed by atoms with E-state index in [0.717, 1.165) is 12.8 Å². The predicted molar refractivity (Wildman–Crippen MR) is 71.6 cm³/mol. The first kappa shape index (κ1) is 14.1. The lowest BCUT2D eigenvalue weighted by Gasteiger charge is -2.24. The molecule has 0 spiro atoms. The van der Waals surface area contributed by atoms with Crippen molar-refractivity contribution >= 4 is 17.7 Å². The van der Waals surface area contributed by atoms with Crippen molar-refractivity contribution in [3.63, 3.8) is 0 Å². The first-order valence-corrected chi connectivity index (χ1v) is 7.24. The minimum atomic E-state index is -1.03. The number of rotatable bonds is 7. The minimum absolute atomic E-state index is 0.217. The normalized spacial score (nSPS) is 18.2. The molecule has 0 radical (unpaired) electrons. The molecule has 19 heavy (non-hydrogen) atoms. The number of aromatic nitrogens is 3. The fourth-order valence-electron chi connectivity index (χ4n) is 1.83. The summed E-state index contributed by atoms with van der Waals surface area (Å²) in [5.74, 6) is -0.592. The van der Waals surface area contributed by atoms with Crippen LogP contribution in [0.2, 0.25) is 0 Å². The van der Waals surface area contributed by atoms with Crippen molar-refractivity contribution < 1.29 is 9.90 Å². The van der Waals surface area contributed by atoms with Gasteiger partial charge in [0.15, 0.2) is 5.16 Å². The molecule has 0 bridgehead atoms. The van der Waals surface area contributed by atoms with E-state index in [9.17, 15) is 14.7 Å². The summed E-state index contributed by atoms with van der Waals surface area (Å²) in [5, 5.41) is 19.2. The standard InChI is InChI=1S/C11H18N4O3S/c1-3-12-11(2,8(16)17)6-19-10-14-13-9(18)15(10)7-4-5-7/h7,12H,3-6H2,1-2H3,(H,13,18)(H,16,17). The molecule has 106 valence electrons. The van der Waals surface area contributed by atoms with Gasteiger partial charge in [-0.15, -0.1) is 5.10 Å². The molecule has 1 aromatic heterocycles. The SMILES string of the molecule is CCNC(C)(CSc1n[nH]c(=O)n1C1CC1)C(=O)O. The van der Waals surface area contributed by atoms with Gasteiger partial charge in [-0.25, -0.2) is 9.89 Å². The Bertz CT molecular complexity index is 522. The summed E-state index contributed by atoms with van der Waals surface area (Å²) >= 11 is 1.29. The second kappa shape index (κ2) is 5.38. The number of likely N-dealkylation sites (N-methyl/N-ethyl adjacent to an activating group) is 1. The van der Waals surface area contributed by atoms with Crippen molar-refractivity contribution in [2.45, 2.75) is 43.4 Å². The smallest absolute Gasteiger partial charge is 0.344 e. The highest BCUT2D eigenvalue weighted by Crippen LogP contribution is 2.36. The average molecular weight is 286 g/mol. The quantitative estimate of drug-likeness (QED) is 0.629. The molecule has 1 aliphatic carbocycles. The Morgan fingerprint density at radius 1 is 1.68 bits per heavy atom. The zero-order valence-electron chi connectivity index (χ0n) is 11.0. The van der Waals surface area contributed by atoms with Gasteiger partial charge in [0.05, 0.1) is 0 Å². The number of carboxylic acid groups (broad SMARTS) is 1. The van der Waals surface area contributed by atoms with Gasteiger partial charge in [0.2, 0.25) is 0 Å². The number of aliphatic carboxylic acids is 1. The van der Waals surface area contributed by atoms with E-state index >= 15 is 0 Å². The van der Waals surface area contributed by atoms with E-state index in [-0.39, 0.29) is 11.7 Å². The summed E-state index contributed by atoms with van der Waals surface area (Å²) < 4.78 is 1.62. The van der Waals surface area contributed by atoms with E-state index in [1.807, 2.05) is 6.92 Å². The number of nitrogens with zero attached hydrogens (tertiary/aromatic N) is 2. The van der Waals surface area contributed by atoms with Crippen molar-refractivity contribution in [2.75, 3.05) is 12.3 Å². The summed E-state index contributed by atoms with van der Waals surface area (Å²) in [5.41, 5.74) is -1.24. The molecule has 1 unspecified atom stereocenters. The van der Waals surface area contributed by atoms with Crippen LogP contribution in [-0.4, -0.2) is 43.7 Å². The maximum Gasteiger partial charge on any atom is 0.344 e. The number of hydrogen-bond donors (Lipinski definition) is 3. The highest BCUT2D eigenvalue weighted by atomic mass is 32.2. The van der Waals surface area contributed by atoms with Crippen LogP contribution in [0.5, 0.6) is 0 Å². The van der Waals surface area contributed by atoms with Crippen LogP contribution in [0.1, 0.15) is 32.7 Å². The van der Waals surface area contributed by atoms with Gasteiger partial charge in [-0.3, -0.25) is 9.36 Å². The van der Waals surface area contributed by atoms with E-state index in [1.165, 1.54) is 11.8 Å². The predicted octanol–water partition coefficient (Wildman–Crippen LogP) is 0.451. The summed E-state index contributed by atoms with van der Waals surface area (Å²) in [6.07, 6.45) is 1.97. The molecule has 0 aromatic carbocycles. The van der Waals surface area contributed by atoms with Gasteiger partial charge < -0.3 is 10.4 Å². The van der Waals surface area contributed by atoms with Gasteiger partial charge in [0, 0.05) is 11.8 Å². The molecule has 1 heterocycles. The molecule has 1 fully saturated rings. The Morgan fingerprint density at radius 2 is 2.37 bits per heavy atom. The Balaban J connectivity index is 2.09. The van der Waals surface area contributed by atoms with E-state index in [4.69, 9.17) is 0 Å². The first-order valence-electron chi connectivity index (χ1n) is 6.26. The number of thioether (sulfide) groups is 1. The Hall–Kier alpha value is -1.28. The lowest BCUT2D eigenvalue weighted by molar-refractivity contribution is -0.143. The second-order valence-corrected chi connectivity index (χ2v) is 5.81. The number of carbonyl (C=O) groups is 1. The molecular formula is C11H18N4O3S. The second-order valence-electron chi connectivity index (χ2n) is 4.87. The molecule has 1 saturated carbocycles. The highest BCUT2D eigenvalue weighted by Gasteiger charge is 2.34. The zero-order valence-corrected chi connectivity index (χ0v) is 11.8. The lowest BCUT2D eigenvalue weighted by Crippen LogP contribution is -2.51. The fourth-order valence-corrected chi connectivity index (χ4v) is 2.96. The monoisotopic (exact) mass is 286 g/mol. The van der Waals surface area contributed by atoms with Gasteiger partial charge in [0.25, 0.3) is 0 Å². The summed E-state index contributed by atoms with van der Waals surface area (Å²) in [6.45, 7) is 4.07.